The molecule has 0 radical (unpaired) electrons. The Labute approximate surface area is 306 Å². The molecule has 0 aliphatic carbocycles. The van der Waals surface area contributed by atoms with Crippen molar-refractivity contribution < 1.29 is 50.4 Å². The third kappa shape index (κ3) is 13.1. The molecule has 3 aromatic rings. The number of halogens is 1. The summed E-state index contributed by atoms with van der Waals surface area (Å²) < 4.78 is 9.14. The van der Waals surface area contributed by atoms with E-state index in [1.807, 2.05) is 54.6 Å². The van der Waals surface area contributed by atoms with Gasteiger partial charge in [0.2, 0.25) is 17.7 Å². The normalized spacial score (nSPS) is 12.0. The van der Waals surface area contributed by atoms with Crippen LogP contribution in [0, 0.1) is 0 Å². The van der Waals surface area contributed by atoms with Crippen molar-refractivity contribution in [3.63, 3.8) is 0 Å². The van der Waals surface area contributed by atoms with Crippen LogP contribution in [0.1, 0.15) is 12.8 Å². The summed E-state index contributed by atoms with van der Waals surface area (Å²) in [6.07, 6.45) is 0.637. The van der Waals surface area contributed by atoms with Crippen LogP contribution in [0.2, 0.25) is 0 Å². The minimum atomic E-state index is -2.09. The standard InChI is InChI=1S/C34H41N4O7PS2.BrH/c1-44-32(41)22-37-33(42)29(38-30(39)19-18-28(35)34(43)45-2)23-47-48-24-31(40)36-20-21-46(25-12-6-3-7-13-25,26-14-8-4-9-15-26)27-16-10-5-11-17-27;/h3-17,28-29H,18-24,35H2,1-2H3,(H2-,36,37,38,39,40,42);1H/t28-,29-;/m0./s1. The summed E-state index contributed by atoms with van der Waals surface area (Å²) in [7, 11) is 2.79. The number of nitrogens with two attached hydrogens (primary N) is 1. The first-order chi connectivity index (χ1) is 23.2. The molecule has 0 aliphatic heterocycles. The lowest BCUT2D eigenvalue weighted by Gasteiger charge is -2.27. The molecule has 11 nitrogen and oxygen atoms in total. The van der Waals surface area contributed by atoms with Crippen molar-refractivity contribution in [3.05, 3.63) is 91.0 Å². The van der Waals surface area contributed by atoms with E-state index < -0.39 is 43.1 Å². The number of hydrogen-bond acceptors (Lipinski definition) is 10. The molecule has 0 unspecified atom stereocenters. The fourth-order valence-electron chi connectivity index (χ4n) is 4.87. The first-order valence-electron chi connectivity index (χ1n) is 15.2. The van der Waals surface area contributed by atoms with Crippen LogP contribution < -0.4 is 54.6 Å². The Kier molecular flexibility index (Phi) is 19.0. The van der Waals surface area contributed by atoms with Gasteiger partial charge in [-0.05, 0) is 42.8 Å². The molecule has 0 aliphatic rings. The second-order valence-electron chi connectivity index (χ2n) is 10.5. The number of hydrogen-bond donors (Lipinski definition) is 4. The van der Waals surface area contributed by atoms with Crippen molar-refractivity contribution in [3.8, 4) is 0 Å². The van der Waals surface area contributed by atoms with Crippen molar-refractivity contribution in [1.82, 2.24) is 16.0 Å². The summed E-state index contributed by atoms with van der Waals surface area (Å²) in [4.78, 5) is 61.3. The molecule has 3 aromatic carbocycles. The van der Waals surface area contributed by atoms with Gasteiger partial charge in [-0.25, -0.2) is 0 Å². The highest BCUT2D eigenvalue weighted by Gasteiger charge is 2.44. The van der Waals surface area contributed by atoms with Crippen molar-refractivity contribution >= 4 is 74.4 Å². The summed E-state index contributed by atoms with van der Waals surface area (Å²) >= 11 is 0. The number of rotatable bonds is 19. The van der Waals surface area contributed by atoms with E-state index in [2.05, 4.69) is 61.8 Å². The molecule has 3 rings (SSSR count). The molecule has 0 saturated heterocycles. The average molecular weight is 794 g/mol. The maximum absolute atomic E-state index is 13.0. The molecular formula is C34H42BrN4O7PS2. The molecule has 0 aromatic heterocycles. The summed E-state index contributed by atoms with van der Waals surface area (Å²) in [6.45, 7) is 0.0903. The minimum absolute atomic E-state index is 0. The number of methoxy groups -OCH3 is 2. The van der Waals surface area contributed by atoms with Gasteiger partial charge in [-0.15, -0.1) is 0 Å². The van der Waals surface area contributed by atoms with Gasteiger partial charge in [0.25, 0.3) is 0 Å². The molecular weight excluding hydrogens is 751 g/mol. The summed E-state index contributed by atoms with van der Waals surface area (Å²) in [5.74, 6) is -2.31. The highest BCUT2D eigenvalue weighted by Crippen LogP contribution is 2.54. The van der Waals surface area contributed by atoms with E-state index in [-0.39, 0.29) is 53.8 Å². The van der Waals surface area contributed by atoms with Crippen molar-refractivity contribution in [2.24, 2.45) is 5.73 Å². The maximum atomic E-state index is 13.0. The molecule has 5 N–H and O–H groups in total. The number of carbonyl (C=O) groups excluding carboxylic acids is 5. The molecule has 3 amide bonds. The third-order valence-electron chi connectivity index (χ3n) is 7.34. The van der Waals surface area contributed by atoms with Crippen molar-refractivity contribution in [2.75, 3.05) is 45.0 Å². The van der Waals surface area contributed by atoms with Gasteiger partial charge in [-0.2, -0.15) is 0 Å². The van der Waals surface area contributed by atoms with Gasteiger partial charge >= 0.3 is 11.9 Å². The maximum Gasteiger partial charge on any atom is 0.325 e. The Hall–Kier alpha value is -3.42. The zero-order chi connectivity index (χ0) is 34.8. The second-order valence-corrected chi connectivity index (χ2v) is 16.6. The first kappa shape index (κ1) is 41.7. The topological polar surface area (TPSA) is 166 Å². The Morgan fingerprint density at radius 1 is 0.755 bits per heavy atom. The van der Waals surface area contributed by atoms with E-state index >= 15 is 0 Å². The van der Waals surface area contributed by atoms with Crippen LogP contribution in [0.3, 0.4) is 0 Å². The van der Waals surface area contributed by atoms with Crippen molar-refractivity contribution in [1.29, 1.82) is 0 Å². The monoisotopic (exact) mass is 792 g/mol. The molecule has 0 spiro atoms. The summed E-state index contributed by atoms with van der Waals surface area (Å²) in [5, 5.41) is 11.8. The van der Waals surface area contributed by atoms with E-state index in [0.29, 0.717) is 6.54 Å². The van der Waals surface area contributed by atoms with Gasteiger partial charge in [0, 0.05) is 12.2 Å². The number of esters is 2. The fraction of sp³-hybridized carbons (Fsp3) is 0.324. The third-order valence-corrected chi connectivity index (χ3v) is 14.1. The van der Waals surface area contributed by atoms with Crippen molar-refractivity contribution in [2.45, 2.75) is 24.9 Å². The molecule has 0 saturated carbocycles. The SMILES string of the molecule is COC(=O)CNC(=O)[C@H](CSSCC(=O)NCC[P+](c1ccccc1)(c1ccccc1)c1ccccc1)NC(=O)CC[C@H](N)C(=O)OC.[Br-]. The number of benzene rings is 3. The smallest absolute Gasteiger partial charge is 0.325 e. The molecule has 0 bridgehead atoms. The largest absolute Gasteiger partial charge is 1.00 e. The number of carbonyl (C=O) groups is 5. The molecule has 2 atom stereocenters. The van der Waals surface area contributed by atoms with E-state index in [0.717, 1.165) is 6.16 Å². The Balaban J connectivity index is 0.00000833. The minimum Gasteiger partial charge on any atom is -1.00 e. The van der Waals surface area contributed by atoms with Gasteiger partial charge < -0.3 is 48.1 Å². The highest BCUT2D eigenvalue weighted by atomic mass is 79.9. The van der Waals surface area contributed by atoms with Gasteiger partial charge in [0.1, 0.15) is 41.8 Å². The predicted molar refractivity (Wildman–Crippen MR) is 194 cm³/mol. The van der Waals surface area contributed by atoms with Gasteiger partial charge in [0.05, 0.1) is 32.7 Å². The summed E-state index contributed by atoms with van der Waals surface area (Å²) in [5.41, 5.74) is 5.71. The van der Waals surface area contributed by atoms with Crippen LogP contribution in [0.15, 0.2) is 91.0 Å². The molecule has 0 fully saturated rings. The van der Waals surface area contributed by atoms with Gasteiger partial charge in [0.15, 0.2) is 0 Å². The van der Waals surface area contributed by atoms with Crippen LogP contribution in [0.25, 0.3) is 0 Å². The Bertz CT molecular complexity index is 1400. The lowest BCUT2D eigenvalue weighted by atomic mass is 10.1. The van der Waals surface area contributed by atoms with E-state index in [1.54, 1.807) is 0 Å². The van der Waals surface area contributed by atoms with Crippen LogP contribution in [-0.4, -0.2) is 86.7 Å². The van der Waals surface area contributed by atoms with Crippen LogP contribution in [-0.2, 0) is 33.4 Å². The number of nitrogens with one attached hydrogen (secondary N) is 3. The molecule has 0 heterocycles. The second kappa shape index (κ2) is 22.3. The lowest BCUT2D eigenvalue weighted by Crippen LogP contribution is -3.00. The van der Waals surface area contributed by atoms with E-state index in [9.17, 15) is 24.0 Å². The lowest BCUT2D eigenvalue weighted by molar-refractivity contribution is -0.142. The summed E-state index contributed by atoms with van der Waals surface area (Å²) in [6, 6.07) is 29.3. The highest BCUT2D eigenvalue weighted by molar-refractivity contribution is 8.76. The molecule has 264 valence electrons. The average Bonchev–Trinajstić information content (AvgIpc) is 3.13. The van der Waals surface area contributed by atoms with Gasteiger partial charge in [-0.3, -0.25) is 24.0 Å². The van der Waals surface area contributed by atoms with Crippen LogP contribution >= 0.6 is 28.9 Å². The number of ether oxygens (including phenoxy) is 2. The first-order valence-corrected chi connectivity index (χ1v) is 19.7. The molecule has 49 heavy (non-hydrogen) atoms. The molecule has 15 heteroatoms. The van der Waals surface area contributed by atoms with Crippen LogP contribution in [0.5, 0.6) is 0 Å². The predicted octanol–water partition coefficient (Wildman–Crippen LogP) is -1.46. The fourth-order valence-corrected chi connectivity index (χ4v) is 11.1. The van der Waals surface area contributed by atoms with E-state index in [1.165, 1.54) is 51.7 Å². The van der Waals surface area contributed by atoms with E-state index in [4.69, 9.17) is 5.73 Å². The van der Waals surface area contributed by atoms with Gasteiger partial charge in [-0.1, -0.05) is 76.2 Å². The number of amides is 3. The Morgan fingerprint density at radius 2 is 1.29 bits per heavy atom. The quantitative estimate of drug-likeness (QED) is 0.0488. The Morgan fingerprint density at radius 3 is 1.78 bits per heavy atom. The zero-order valence-corrected chi connectivity index (χ0v) is 31.5. The van der Waals surface area contributed by atoms with Crippen LogP contribution in [0.4, 0.5) is 0 Å². The zero-order valence-electron chi connectivity index (χ0n) is 27.3.